The average molecular weight is 468 g/mol. The molecule has 5 rings (SSSR count). The van der Waals surface area contributed by atoms with Crippen LogP contribution in [0.4, 0.5) is 11.5 Å². The highest BCUT2D eigenvalue weighted by molar-refractivity contribution is 5.93. The number of fused-ring (bicyclic) bond motifs is 1. The van der Waals surface area contributed by atoms with E-state index in [2.05, 4.69) is 23.3 Å². The van der Waals surface area contributed by atoms with Gasteiger partial charge in [-0.05, 0) is 54.7 Å². The van der Waals surface area contributed by atoms with E-state index in [1.807, 2.05) is 65.6 Å². The molecule has 1 aliphatic heterocycles. The van der Waals surface area contributed by atoms with Crippen LogP contribution < -0.4 is 15.8 Å². The summed E-state index contributed by atoms with van der Waals surface area (Å²) >= 11 is 0. The maximum atomic E-state index is 13.6. The van der Waals surface area contributed by atoms with Crippen LogP contribution in [0.5, 0.6) is 0 Å². The zero-order valence-electron chi connectivity index (χ0n) is 19.9. The largest absolute Gasteiger partial charge is 0.351 e. The summed E-state index contributed by atoms with van der Waals surface area (Å²) in [6.07, 6.45) is 4.19. The topological polar surface area (TPSA) is 80.1 Å². The van der Waals surface area contributed by atoms with Gasteiger partial charge in [0.2, 0.25) is 5.91 Å². The molecule has 1 atom stereocenters. The molecule has 178 valence electrons. The van der Waals surface area contributed by atoms with Gasteiger partial charge >= 0.3 is 0 Å². The summed E-state index contributed by atoms with van der Waals surface area (Å²) in [5.41, 5.74) is 4.06. The van der Waals surface area contributed by atoms with Crippen molar-refractivity contribution in [3.63, 3.8) is 0 Å². The van der Waals surface area contributed by atoms with Crippen molar-refractivity contribution >= 4 is 28.6 Å². The molecule has 1 N–H and O–H groups in total. The van der Waals surface area contributed by atoms with E-state index in [0.29, 0.717) is 36.6 Å². The summed E-state index contributed by atoms with van der Waals surface area (Å²) in [6, 6.07) is 21.5. The number of hydrogen-bond donors (Lipinski definition) is 1. The van der Waals surface area contributed by atoms with Gasteiger partial charge in [-0.1, -0.05) is 49.4 Å². The van der Waals surface area contributed by atoms with Crippen molar-refractivity contribution in [2.75, 3.05) is 23.3 Å². The molecule has 0 aliphatic carbocycles. The van der Waals surface area contributed by atoms with Crippen molar-refractivity contribution in [3.8, 4) is 0 Å². The van der Waals surface area contributed by atoms with E-state index in [0.717, 1.165) is 30.5 Å². The minimum atomic E-state index is -0.220. The molecule has 1 saturated heterocycles. The quantitative estimate of drug-likeness (QED) is 0.458. The fourth-order valence-corrected chi connectivity index (χ4v) is 4.68. The second-order valence-electron chi connectivity index (χ2n) is 8.99. The predicted molar refractivity (Wildman–Crippen MR) is 139 cm³/mol. The van der Waals surface area contributed by atoms with E-state index in [9.17, 15) is 9.59 Å². The number of anilines is 2. The van der Waals surface area contributed by atoms with Gasteiger partial charge in [0.05, 0.1) is 12.5 Å². The Kier molecular flexibility index (Phi) is 6.57. The first-order valence-corrected chi connectivity index (χ1v) is 12.2. The molecule has 1 aliphatic rings. The number of pyridine rings is 1. The molecule has 1 fully saturated rings. The van der Waals surface area contributed by atoms with Gasteiger partial charge in [0.25, 0.3) is 5.56 Å². The Balaban J connectivity index is 1.43. The standard InChI is InChI=1S/C28H29N5O2/c1-2-20-11-6-13-23(17-20)30-27(34)22-12-8-16-32(19-22)26-28(35)33(18-21-9-4-3-5-10-21)25-24(31-26)14-7-15-29-25/h3-7,9-11,13-15,17,22H,2,8,12,16,18-19H2,1H3,(H,30,34)/t22-/m1/s1. The molecule has 7 heteroatoms. The molecule has 35 heavy (non-hydrogen) atoms. The number of amides is 1. The van der Waals surface area contributed by atoms with Crippen molar-refractivity contribution in [1.82, 2.24) is 14.5 Å². The van der Waals surface area contributed by atoms with Crippen LogP contribution in [-0.2, 0) is 17.8 Å². The van der Waals surface area contributed by atoms with Crippen molar-refractivity contribution in [1.29, 1.82) is 0 Å². The first-order valence-electron chi connectivity index (χ1n) is 12.2. The second kappa shape index (κ2) is 10.1. The third kappa shape index (κ3) is 4.94. The molecule has 0 spiro atoms. The van der Waals surface area contributed by atoms with Crippen LogP contribution in [0.25, 0.3) is 11.2 Å². The Bertz CT molecular complexity index is 1400. The van der Waals surface area contributed by atoms with Gasteiger partial charge in [0, 0.05) is 25.0 Å². The smallest absolute Gasteiger partial charge is 0.295 e. The lowest BCUT2D eigenvalue weighted by atomic mass is 9.97. The number of hydrogen-bond acceptors (Lipinski definition) is 5. The van der Waals surface area contributed by atoms with Gasteiger partial charge in [-0.15, -0.1) is 0 Å². The van der Waals surface area contributed by atoms with E-state index in [4.69, 9.17) is 4.98 Å². The zero-order chi connectivity index (χ0) is 24.2. The number of nitrogens with one attached hydrogen (secondary N) is 1. The van der Waals surface area contributed by atoms with E-state index < -0.39 is 0 Å². The zero-order valence-corrected chi connectivity index (χ0v) is 19.9. The first-order chi connectivity index (χ1) is 17.1. The summed E-state index contributed by atoms with van der Waals surface area (Å²) in [4.78, 5) is 37.9. The van der Waals surface area contributed by atoms with E-state index in [1.54, 1.807) is 10.8 Å². The summed E-state index contributed by atoms with van der Waals surface area (Å²) < 4.78 is 1.69. The minimum Gasteiger partial charge on any atom is -0.351 e. The number of piperidine rings is 1. The fraction of sp³-hybridized carbons (Fsp3) is 0.286. The lowest BCUT2D eigenvalue weighted by Crippen LogP contribution is -2.44. The number of carbonyl (C=O) groups is 1. The summed E-state index contributed by atoms with van der Waals surface area (Å²) in [5, 5.41) is 3.07. The van der Waals surface area contributed by atoms with Gasteiger partial charge in [0.15, 0.2) is 11.5 Å². The predicted octanol–water partition coefficient (Wildman–Crippen LogP) is 4.26. The lowest BCUT2D eigenvalue weighted by Gasteiger charge is -2.32. The number of aryl methyl sites for hydroxylation is 1. The molecule has 2 aromatic carbocycles. The van der Waals surface area contributed by atoms with E-state index in [-0.39, 0.29) is 17.4 Å². The highest BCUT2D eigenvalue weighted by Gasteiger charge is 2.29. The second-order valence-corrected chi connectivity index (χ2v) is 8.99. The Morgan fingerprint density at radius 2 is 1.89 bits per heavy atom. The van der Waals surface area contributed by atoms with E-state index >= 15 is 0 Å². The number of rotatable bonds is 6. The highest BCUT2D eigenvalue weighted by atomic mass is 16.2. The molecule has 0 saturated carbocycles. The average Bonchev–Trinajstić information content (AvgIpc) is 2.91. The van der Waals surface area contributed by atoms with Crippen LogP contribution in [0.1, 0.15) is 30.9 Å². The molecule has 2 aromatic heterocycles. The van der Waals surface area contributed by atoms with Crippen LogP contribution in [0, 0.1) is 5.92 Å². The maximum Gasteiger partial charge on any atom is 0.295 e. The Labute approximate surface area is 204 Å². The van der Waals surface area contributed by atoms with Crippen LogP contribution in [-0.4, -0.2) is 33.5 Å². The lowest BCUT2D eigenvalue weighted by molar-refractivity contribution is -0.120. The Morgan fingerprint density at radius 3 is 2.71 bits per heavy atom. The molecule has 7 nitrogen and oxygen atoms in total. The number of benzene rings is 2. The van der Waals surface area contributed by atoms with Crippen molar-refractivity contribution in [2.24, 2.45) is 5.92 Å². The van der Waals surface area contributed by atoms with Crippen LogP contribution in [0.3, 0.4) is 0 Å². The molecule has 0 unspecified atom stereocenters. The van der Waals surface area contributed by atoms with Crippen molar-refractivity contribution in [3.05, 3.63) is 94.4 Å². The van der Waals surface area contributed by atoms with Crippen LogP contribution >= 0.6 is 0 Å². The minimum absolute atomic E-state index is 0.0185. The molecular formula is C28H29N5O2. The third-order valence-corrected chi connectivity index (χ3v) is 6.56. The molecule has 3 heterocycles. The van der Waals surface area contributed by atoms with Crippen molar-refractivity contribution < 1.29 is 4.79 Å². The first kappa shape index (κ1) is 22.8. The van der Waals surface area contributed by atoms with Crippen molar-refractivity contribution in [2.45, 2.75) is 32.7 Å². The van der Waals surface area contributed by atoms with Crippen LogP contribution in [0.2, 0.25) is 0 Å². The van der Waals surface area contributed by atoms with Gasteiger partial charge in [-0.25, -0.2) is 9.97 Å². The van der Waals surface area contributed by atoms with Gasteiger partial charge in [-0.2, -0.15) is 0 Å². The van der Waals surface area contributed by atoms with E-state index in [1.165, 1.54) is 5.56 Å². The summed E-state index contributed by atoms with van der Waals surface area (Å²) in [5.74, 6) is 0.143. The van der Waals surface area contributed by atoms with Gasteiger partial charge < -0.3 is 10.2 Å². The SMILES string of the molecule is CCc1cccc(NC(=O)[C@@H]2CCCN(c3nc4cccnc4n(Cc4ccccc4)c3=O)C2)c1. The third-order valence-electron chi connectivity index (χ3n) is 6.56. The maximum absolute atomic E-state index is 13.6. The highest BCUT2D eigenvalue weighted by Crippen LogP contribution is 2.23. The molecular weight excluding hydrogens is 438 g/mol. The number of nitrogens with zero attached hydrogens (tertiary/aromatic N) is 4. The normalized spacial score (nSPS) is 15.8. The van der Waals surface area contributed by atoms with Crippen LogP contribution in [0.15, 0.2) is 77.7 Å². The number of carbonyl (C=O) groups excluding carboxylic acids is 1. The molecule has 1 amide bonds. The molecule has 0 radical (unpaired) electrons. The Morgan fingerprint density at radius 1 is 1.06 bits per heavy atom. The monoisotopic (exact) mass is 467 g/mol. The molecule has 4 aromatic rings. The Hall–Kier alpha value is -4.00. The van der Waals surface area contributed by atoms with Gasteiger partial charge in [-0.3, -0.25) is 14.2 Å². The van der Waals surface area contributed by atoms with Gasteiger partial charge in [0.1, 0.15) is 5.52 Å². The summed E-state index contributed by atoms with van der Waals surface area (Å²) in [7, 11) is 0. The fourth-order valence-electron chi connectivity index (χ4n) is 4.68. The summed E-state index contributed by atoms with van der Waals surface area (Å²) in [6.45, 7) is 3.65. The molecule has 0 bridgehead atoms. The number of aromatic nitrogens is 3.